The molecule has 4 nitrogen and oxygen atoms in total. The van der Waals surface area contributed by atoms with Crippen molar-refractivity contribution >= 4 is 11.6 Å². The highest BCUT2D eigenvalue weighted by Crippen LogP contribution is 2.16. The molecule has 0 radical (unpaired) electrons. The van der Waals surface area contributed by atoms with Crippen LogP contribution in [0.25, 0.3) is 5.82 Å². The maximum atomic E-state index is 5.99. The molecule has 0 fully saturated rings. The van der Waals surface area contributed by atoms with E-state index in [-0.39, 0.29) is 0 Å². The second kappa shape index (κ2) is 6.73. The van der Waals surface area contributed by atoms with Crippen LogP contribution >= 0.6 is 11.6 Å². The Labute approximate surface area is 134 Å². The Hall–Kier alpha value is -2.17. The quantitative estimate of drug-likeness (QED) is 0.784. The first kappa shape index (κ1) is 14.8. The van der Waals surface area contributed by atoms with Crippen LogP contribution in [-0.4, -0.2) is 14.5 Å². The summed E-state index contributed by atoms with van der Waals surface area (Å²) >= 11 is 5.99. The summed E-state index contributed by atoms with van der Waals surface area (Å²) in [6.45, 7) is 3.61. The number of halogens is 1. The maximum Gasteiger partial charge on any atom is 0.142 e. The van der Waals surface area contributed by atoms with Crippen LogP contribution in [-0.2, 0) is 13.1 Å². The minimum absolute atomic E-state index is 0.740. The fourth-order valence-electron chi connectivity index (χ4n) is 2.37. The van der Waals surface area contributed by atoms with Crippen molar-refractivity contribution in [2.45, 2.75) is 20.0 Å². The maximum absolute atomic E-state index is 5.99. The number of rotatable bonds is 5. The summed E-state index contributed by atoms with van der Waals surface area (Å²) < 4.78 is 1.92. The van der Waals surface area contributed by atoms with Crippen LogP contribution in [0.3, 0.4) is 0 Å². The monoisotopic (exact) mass is 312 g/mol. The molecule has 3 aromatic rings. The van der Waals surface area contributed by atoms with Gasteiger partial charge < -0.3 is 5.32 Å². The van der Waals surface area contributed by atoms with Gasteiger partial charge in [0, 0.05) is 42.3 Å². The number of hydrogen-bond acceptors (Lipinski definition) is 3. The number of hydrogen-bond donors (Lipinski definition) is 1. The molecule has 0 saturated heterocycles. The molecule has 0 atom stereocenters. The third-order valence-corrected chi connectivity index (χ3v) is 3.79. The molecule has 112 valence electrons. The minimum atomic E-state index is 0.740. The number of pyridine rings is 1. The molecule has 0 saturated carbocycles. The molecule has 0 amide bonds. The van der Waals surface area contributed by atoms with Crippen LogP contribution < -0.4 is 5.32 Å². The van der Waals surface area contributed by atoms with Gasteiger partial charge in [-0.05, 0) is 36.2 Å². The summed E-state index contributed by atoms with van der Waals surface area (Å²) in [5.74, 6) is 0.903. The van der Waals surface area contributed by atoms with Crippen molar-refractivity contribution in [3.8, 4) is 5.82 Å². The van der Waals surface area contributed by atoms with Crippen LogP contribution in [0.15, 0.2) is 55.2 Å². The fraction of sp³-hybridized carbons (Fsp3) is 0.176. The van der Waals surface area contributed by atoms with Crippen molar-refractivity contribution < 1.29 is 0 Å². The van der Waals surface area contributed by atoms with Gasteiger partial charge in [-0.25, -0.2) is 9.97 Å². The Bertz CT molecular complexity index is 753. The Kier molecular flexibility index (Phi) is 4.51. The topological polar surface area (TPSA) is 42.7 Å². The lowest BCUT2D eigenvalue weighted by atomic mass is 10.1. The normalized spacial score (nSPS) is 10.8. The third-order valence-electron chi connectivity index (χ3n) is 3.55. The zero-order chi connectivity index (χ0) is 15.4. The summed E-state index contributed by atoms with van der Waals surface area (Å²) in [4.78, 5) is 8.52. The lowest BCUT2D eigenvalue weighted by Gasteiger charge is -2.11. The van der Waals surface area contributed by atoms with Gasteiger partial charge in [-0.15, -0.1) is 0 Å². The molecule has 0 bridgehead atoms. The molecule has 1 N–H and O–H groups in total. The summed E-state index contributed by atoms with van der Waals surface area (Å²) in [5, 5.41) is 4.24. The van der Waals surface area contributed by atoms with Gasteiger partial charge in [0.25, 0.3) is 0 Å². The standard InChI is InChI=1S/C17H17ClN4/c1-13-9-16(18)5-4-14(13)10-20-11-15-3-2-6-21-17(15)22-8-7-19-12-22/h2-9,12,20H,10-11H2,1H3. The highest BCUT2D eigenvalue weighted by molar-refractivity contribution is 6.30. The van der Waals surface area contributed by atoms with E-state index in [1.165, 1.54) is 11.1 Å². The van der Waals surface area contributed by atoms with E-state index in [9.17, 15) is 0 Å². The van der Waals surface area contributed by atoms with E-state index in [0.29, 0.717) is 0 Å². The van der Waals surface area contributed by atoms with Gasteiger partial charge in [0.2, 0.25) is 0 Å². The van der Waals surface area contributed by atoms with Crippen molar-refractivity contribution in [2.24, 2.45) is 0 Å². The number of nitrogens with zero attached hydrogens (tertiary/aromatic N) is 3. The Morgan fingerprint density at radius 3 is 2.77 bits per heavy atom. The highest BCUT2D eigenvalue weighted by atomic mass is 35.5. The number of benzene rings is 1. The molecule has 2 aromatic heterocycles. The largest absolute Gasteiger partial charge is 0.308 e. The van der Waals surface area contributed by atoms with Crippen molar-refractivity contribution in [1.29, 1.82) is 0 Å². The zero-order valence-electron chi connectivity index (χ0n) is 12.3. The summed E-state index contributed by atoms with van der Waals surface area (Å²) in [6.07, 6.45) is 7.20. The number of aryl methyl sites for hydroxylation is 1. The van der Waals surface area contributed by atoms with Gasteiger partial charge in [0.1, 0.15) is 12.1 Å². The van der Waals surface area contributed by atoms with Crippen LogP contribution in [0, 0.1) is 6.92 Å². The Morgan fingerprint density at radius 1 is 1.14 bits per heavy atom. The first-order valence-electron chi connectivity index (χ1n) is 7.12. The molecule has 5 heteroatoms. The first-order valence-corrected chi connectivity index (χ1v) is 7.50. The molecule has 0 aliphatic rings. The molecule has 0 aliphatic heterocycles. The number of aromatic nitrogens is 3. The molecule has 2 heterocycles. The van der Waals surface area contributed by atoms with Crippen molar-refractivity contribution in [3.05, 3.63) is 77.0 Å². The SMILES string of the molecule is Cc1cc(Cl)ccc1CNCc1cccnc1-n1ccnc1. The second-order valence-electron chi connectivity index (χ2n) is 5.13. The third kappa shape index (κ3) is 3.35. The predicted molar refractivity (Wildman–Crippen MR) is 88.1 cm³/mol. The van der Waals surface area contributed by atoms with Crippen LogP contribution in [0.1, 0.15) is 16.7 Å². The van der Waals surface area contributed by atoms with Gasteiger partial charge >= 0.3 is 0 Å². The van der Waals surface area contributed by atoms with Crippen LogP contribution in [0.5, 0.6) is 0 Å². The van der Waals surface area contributed by atoms with E-state index in [1.807, 2.05) is 29.0 Å². The molecule has 3 rings (SSSR count). The van der Waals surface area contributed by atoms with Gasteiger partial charge in [-0.2, -0.15) is 0 Å². The van der Waals surface area contributed by atoms with E-state index in [0.717, 1.165) is 29.5 Å². The summed E-state index contributed by atoms with van der Waals surface area (Å²) in [5.41, 5.74) is 3.57. The fourth-order valence-corrected chi connectivity index (χ4v) is 2.60. The number of nitrogens with one attached hydrogen (secondary N) is 1. The minimum Gasteiger partial charge on any atom is -0.308 e. The Morgan fingerprint density at radius 2 is 2.00 bits per heavy atom. The van der Waals surface area contributed by atoms with Crippen molar-refractivity contribution in [1.82, 2.24) is 19.9 Å². The van der Waals surface area contributed by atoms with Crippen molar-refractivity contribution in [3.63, 3.8) is 0 Å². The molecule has 0 unspecified atom stereocenters. The van der Waals surface area contributed by atoms with E-state index in [1.54, 1.807) is 18.7 Å². The lowest BCUT2D eigenvalue weighted by Crippen LogP contribution is -2.15. The predicted octanol–water partition coefficient (Wildman–Crippen LogP) is 3.52. The summed E-state index contributed by atoms with van der Waals surface area (Å²) in [7, 11) is 0. The van der Waals surface area contributed by atoms with Gasteiger partial charge in [-0.1, -0.05) is 23.7 Å². The van der Waals surface area contributed by atoms with E-state index in [2.05, 4.69) is 34.3 Å². The molecular formula is C17H17ClN4. The smallest absolute Gasteiger partial charge is 0.142 e. The molecule has 0 aliphatic carbocycles. The highest BCUT2D eigenvalue weighted by Gasteiger charge is 2.05. The molecular weight excluding hydrogens is 296 g/mol. The average molecular weight is 313 g/mol. The van der Waals surface area contributed by atoms with Crippen LogP contribution in [0.2, 0.25) is 5.02 Å². The van der Waals surface area contributed by atoms with Gasteiger partial charge in [0.05, 0.1) is 0 Å². The summed E-state index contributed by atoms with van der Waals surface area (Å²) in [6, 6.07) is 9.99. The zero-order valence-corrected chi connectivity index (χ0v) is 13.1. The van der Waals surface area contributed by atoms with E-state index < -0.39 is 0 Å². The molecule has 1 aromatic carbocycles. The van der Waals surface area contributed by atoms with Crippen molar-refractivity contribution in [2.75, 3.05) is 0 Å². The first-order chi connectivity index (χ1) is 10.7. The molecule has 0 spiro atoms. The number of imidazole rings is 1. The average Bonchev–Trinajstić information content (AvgIpc) is 3.04. The van der Waals surface area contributed by atoms with Crippen LogP contribution in [0.4, 0.5) is 0 Å². The van der Waals surface area contributed by atoms with E-state index >= 15 is 0 Å². The Balaban J connectivity index is 1.70. The van der Waals surface area contributed by atoms with Gasteiger partial charge in [-0.3, -0.25) is 4.57 Å². The van der Waals surface area contributed by atoms with Gasteiger partial charge in [0.15, 0.2) is 0 Å². The lowest BCUT2D eigenvalue weighted by molar-refractivity contribution is 0.684. The van der Waals surface area contributed by atoms with E-state index in [4.69, 9.17) is 11.6 Å². The molecule has 22 heavy (non-hydrogen) atoms. The second-order valence-corrected chi connectivity index (χ2v) is 5.57.